The number of carbonyl (C=O) groups excluding carboxylic acids is 1. The molecule has 160 valence electrons. The molecule has 2 aromatic rings. The normalized spacial score (nSPS) is 22.3. The standard InChI is InChI=1S/C22H19F5O3/c1-2-29-19(28)17-13-14-20(16-11-7-4-8-12-16,21(23,24)22(25,26)27)30-18(17)15-9-5-3-6-10-15/h3-13,18H,2,14H2,1H3/t18-,20-/m1/s1. The van der Waals surface area contributed by atoms with Gasteiger partial charge in [-0.15, -0.1) is 0 Å². The average Bonchev–Trinajstić information content (AvgIpc) is 2.73. The van der Waals surface area contributed by atoms with Crippen molar-refractivity contribution in [3.8, 4) is 0 Å². The second-order valence-electron chi connectivity index (χ2n) is 6.76. The number of benzene rings is 2. The number of ether oxygens (including phenoxy) is 2. The number of rotatable bonds is 5. The van der Waals surface area contributed by atoms with E-state index in [0.29, 0.717) is 0 Å². The second-order valence-corrected chi connectivity index (χ2v) is 6.76. The quantitative estimate of drug-likeness (QED) is 0.453. The van der Waals surface area contributed by atoms with Crippen molar-refractivity contribution in [3.63, 3.8) is 0 Å². The van der Waals surface area contributed by atoms with Crippen molar-refractivity contribution in [1.82, 2.24) is 0 Å². The summed E-state index contributed by atoms with van der Waals surface area (Å²) < 4.78 is 80.9. The molecule has 1 heterocycles. The van der Waals surface area contributed by atoms with Gasteiger partial charge in [0.25, 0.3) is 0 Å². The maximum Gasteiger partial charge on any atom is 0.456 e. The van der Waals surface area contributed by atoms with Crippen LogP contribution in [0.5, 0.6) is 0 Å². The van der Waals surface area contributed by atoms with Gasteiger partial charge in [0, 0.05) is 6.42 Å². The summed E-state index contributed by atoms with van der Waals surface area (Å²) in [6, 6.07) is 14.3. The van der Waals surface area contributed by atoms with Crippen LogP contribution in [0.3, 0.4) is 0 Å². The lowest BCUT2D eigenvalue weighted by Crippen LogP contribution is -2.57. The van der Waals surface area contributed by atoms with Crippen LogP contribution in [0, 0.1) is 0 Å². The first-order valence-corrected chi connectivity index (χ1v) is 9.24. The molecular weight excluding hydrogens is 407 g/mol. The SMILES string of the molecule is CCOC(=O)C1=CC[C@@](c2ccccc2)(C(F)(F)C(F)(F)F)O[C@@H]1c1ccccc1. The Hall–Kier alpha value is -2.74. The van der Waals surface area contributed by atoms with Crippen LogP contribution in [0.25, 0.3) is 0 Å². The number of esters is 1. The maximum atomic E-state index is 14.9. The number of halogens is 5. The fourth-order valence-corrected chi connectivity index (χ4v) is 3.46. The van der Waals surface area contributed by atoms with Crippen LogP contribution in [0.4, 0.5) is 22.0 Å². The van der Waals surface area contributed by atoms with Crippen molar-refractivity contribution in [2.45, 2.75) is 37.1 Å². The summed E-state index contributed by atoms with van der Waals surface area (Å²) in [7, 11) is 0. The Morgan fingerprint density at radius 1 is 1.03 bits per heavy atom. The molecule has 0 N–H and O–H groups in total. The zero-order chi connectivity index (χ0) is 22.0. The summed E-state index contributed by atoms with van der Waals surface area (Å²) in [6.07, 6.45) is -7.14. The molecule has 2 aromatic carbocycles. The zero-order valence-electron chi connectivity index (χ0n) is 16.0. The zero-order valence-corrected chi connectivity index (χ0v) is 16.0. The van der Waals surface area contributed by atoms with E-state index in [0.717, 1.165) is 18.2 Å². The van der Waals surface area contributed by atoms with Crippen molar-refractivity contribution in [2.24, 2.45) is 0 Å². The highest BCUT2D eigenvalue weighted by Crippen LogP contribution is 2.56. The fraction of sp³-hybridized carbons (Fsp3) is 0.318. The number of hydrogen-bond donors (Lipinski definition) is 0. The predicted molar refractivity (Wildman–Crippen MR) is 98.7 cm³/mol. The molecule has 30 heavy (non-hydrogen) atoms. The van der Waals surface area contributed by atoms with Crippen LogP contribution in [0.1, 0.15) is 30.6 Å². The highest BCUT2D eigenvalue weighted by Gasteiger charge is 2.72. The van der Waals surface area contributed by atoms with Crippen LogP contribution >= 0.6 is 0 Å². The smallest absolute Gasteiger partial charge is 0.456 e. The minimum atomic E-state index is -5.88. The lowest BCUT2D eigenvalue weighted by Gasteiger charge is -2.45. The first kappa shape index (κ1) is 22.0. The van der Waals surface area contributed by atoms with Crippen LogP contribution in [0.2, 0.25) is 0 Å². The monoisotopic (exact) mass is 426 g/mol. The van der Waals surface area contributed by atoms with E-state index in [1.54, 1.807) is 25.1 Å². The molecule has 0 radical (unpaired) electrons. The Morgan fingerprint density at radius 2 is 1.60 bits per heavy atom. The van der Waals surface area contributed by atoms with Crippen molar-refractivity contribution >= 4 is 5.97 Å². The van der Waals surface area contributed by atoms with Crippen molar-refractivity contribution in [1.29, 1.82) is 0 Å². The van der Waals surface area contributed by atoms with Gasteiger partial charge in [-0.05, 0) is 18.1 Å². The molecule has 0 bridgehead atoms. The molecule has 1 aliphatic rings. The van der Waals surface area contributed by atoms with Gasteiger partial charge in [-0.3, -0.25) is 0 Å². The topological polar surface area (TPSA) is 35.5 Å². The van der Waals surface area contributed by atoms with Gasteiger partial charge in [-0.1, -0.05) is 66.7 Å². The molecule has 0 fully saturated rings. The van der Waals surface area contributed by atoms with E-state index in [4.69, 9.17) is 9.47 Å². The Balaban J connectivity index is 2.21. The minimum Gasteiger partial charge on any atom is -0.463 e. The molecule has 3 nitrogen and oxygen atoms in total. The molecule has 1 aliphatic heterocycles. The first-order chi connectivity index (χ1) is 14.1. The molecule has 0 unspecified atom stereocenters. The van der Waals surface area contributed by atoms with E-state index in [1.165, 1.54) is 30.3 Å². The summed E-state index contributed by atoms with van der Waals surface area (Å²) in [5.41, 5.74) is -3.25. The van der Waals surface area contributed by atoms with Gasteiger partial charge in [0.15, 0.2) is 5.60 Å². The van der Waals surface area contributed by atoms with E-state index >= 15 is 0 Å². The Bertz CT molecular complexity index is 909. The minimum absolute atomic E-state index is 0.0141. The number of carbonyl (C=O) groups is 1. The molecule has 2 atom stereocenters. The van der Waals surface area contributed by atoms with Crippen LogP contribution < -0.4 is 0 Å². The molecule has 0 saturated carbocycles. The Morgan fingerprint density at radius 3 is 2.13 bits per heavy atom. The first-order valence-electron chi connectivity index (χ1n) is 9.24. The molecule has 0 saturated heterocycles. The van der Waals surface area contributed by atoms with Gasteiger partial charge in [0.1, 0.15) is 6.10 Å². The summed E-state index contributed by atoms with van der Waals surface area (Å²) in [5, 5.41) is 0. The third kappa shape index (κ3) is 3.71. The number of alkyl halides is 5. The van der Waals surface area contributed by atoms with E-state index in [1.807, 2.05) is 0 Å². The summed E-state index contributed by atoms with van der Waals surface area (Å²) in [4.78, 5) is 12.4. The maximum absolute atomic E-state index is 14.9. The van der Waals surface area contributed by atoms with Crippen LogP contribution in [-0.4, -0.2) is 24.7 Å². The molecule has 8 heteroatoms. The van der Waals surface area contributed by atoms with E-state index in [9.17, 15) is 26.7 Å². The second kappa shape index (κ2) is 8.18. The summed E-state index contributed by atoms with van der Waals surface area (Å²) >= 11 is 0. The van der Waals surface area contributed by atoms with E-state index in [-0.39, 0.29) is 23.3 Å². The summed E-state index contributed by atoms with van der Waals surface area (Å²) in [6.45, 7) is 1.58. The Labute approximate surface area is 170 Å². The third-order valence-corrected chi connectivity index (χ3v) is 4.93. The lowest BCUT2D eigenvalue weighted by atomic mass is 9.79. The van der Waals surface area contributed by atoms with E-state index in [2.05, 4.69) is 0 Å². The molecule has 3 rings (SSSR count). The van der Waals surface area contributed by atoms with Gasteiger partial charge in [0.05, 0.1) is 12.2 Å². The summed E-state index contributed by atoms with van der Waals surface area (Å²) in [5.74, 6) is -6.06. The van der Waals surface area contributed by atoms with Crippen LogP contribution in [0.15, 0.2) is 72.3 Å². The number of hydrogen-bond acceptors (Lipinski definition) is 3. The largest absolute Gasteiger partial charge is 0.463 e. The molecule has 0 amide bonds. The van der Waals surface area contributed by atoms with Gasteiger partial charge in [-0.2, -0.15) is 22.0 Å². The average molecular weight is 426 g/mol. The van der Waals surface area contributed by atoms with Crippen molar-refractivity contribution in [2.75, 3.05) is 6.61 Å². The van der Waals surface area contributed by atoms with Gasteiger partial charge < -0.3 is 9.47 Å². The van der Waals surface area contributed by atoms with Crippen LogP contribution in [-0.2, 0) is 19.9 Å². The molecule has 0 spiro atoms. The van der Waals surface area contributed by atoms with Gasteiger partial charge >= 0.3 is 18.1 Å². The van der Waals surface area contributed by atoms with Gasteiger partial charge in [-0.25, -0.2) is 4.79 Å². The fourth-order valence-electron chi connectivity index (χ4n) is 3.46. The highest BCUT2D eigenvalue weighted by atomic mass is 19.4. The Kier molecular flexibility index (Phi) is 5.99. The lowest BCUT2D eigenvalue weighted by molar-refractivity contribution is -0.361. The van der Waals surface area contributed by atoms with E-state index < -0.39 is 36.2 Å². The van der Waals surface area contributed by atoms with Crippen molar-refractivity contribution < 1.29 is 36.2 Å². The molecule has 0 aliphatic carbocycles. The van der Waals surface area contributed by atoms with Gasteiger partial charge in [0.2, 0.25) is 0 Å². The molecular formula is C22H19F5O3. The third-order valence-electron chi connectivity index (χ3n) is 4.93. The molecule has 0 aromatic heterocycles. The predicted octanol–water partition coefficient (Wildman–Crippen LogP) is 5.73. The highest BCUT2D eigenvalue weighted by molar-refractivity contribution is 5.90. The van der Waals surface area contributed by atoms with Crippen molar-refractivity contribution in [3.05, 3.63) is 83.4 Å².